The predicted octanol–water partition coefficient (Wildman–Crippen LogP) is 8.99. The summed E-state index contributed by atoms with van der Waals surface area (Å²) in [6, 6.07) is 2.31. The van der Waals surface area contributed by atoms with Crippen molar-refractivity contribution in [3.63, 3.8) is 0 Å². The minimum absolute atomic E-state index is 0.0290. The molecule has 0 amide bonds. The minimum atomic E-state index is -0.719. The van der Waals surface area contributed by atoms with Crippen LogP contribution in [0.25, 0.3) is 0 Å². The molecule has 0 fully saturated rings. The first-order chi connectivity index (χ1) is 14.9. The highest BCUT2D eigenvalue weighted by molar-refractivity contribution is 9.11. The molecule has 0 radical (unpaired) electrons. The molecule has 0 N–H and O–H groups in total. The largest absolute Gasteiger partial charge is 0.489 e. The normalized spacial score (nSPS) is 14.2. The van der Waals surface area contributed by atoms with E-state index in [4.69, 9.17) is 9.47 Å². The zero-order valence-corrected chi connectivity index (χ0v) is 23.3. The van der Waals surface area contributed by atoms with Crippen LogP contribution in [-0.2, 0) is 10.8 Å². The van der Waals surface area contributed by atoms with E-state index >= 15 is 0 Å². The highest BCUT2D eigenvalue weighted by atomic mass is 79.9. The van der Waals surface area contributed by atoms with Crippen LogP contribution in [0, 0.1) is 23.3 Å². The van der Waals surface area contributed by atoms with E-state index in [0.29, 0.717) is 6.42 Å². The summed E-state index contributed by atoms with van der Waals surface area (Å²) in [7, 11) is 0. The molecule has 0 saturated heterocycles. The first-order valence-electron chi connectivity index (χ1n) is 10.6. The van der Waals surface area contributed by atoms with E-state index in [1.165, 1.54) is 0 Å². The lowest BCUT2D eigenvalue weighted by Gasteiger charge is -2.25. The van der Waals surface area contributed by atoms with Gasteiger partial charge in [-0.1, -0.05) is 41.5 Å². The van der Waals surface area contributed by atoms with Crippen molar-refractivity contribution in [2.75, 3.05) is 0 Å². The summed E-state index contributed by atoms with van der Waals surface area (Å²) in [5, 5.41) is 0. The molecule has 0 aliphatic rings. The van der Waals surface area contributed by atoms with Gasteiger partial charge in [-0.2, -0.15) is 0 Å². The quantitative estimate of drug-likeness (QED) is 0.244. The highest BCUT2D eigenvalue weighted by Gasteiger charge is 2.29. The zero-order chi connectivity index (χ0) is 25.5. The number of hydrogen-bond acceptors (Lipinski definition) is 2. The van der Waals surface area contributed by atoms with Crippen molar-refractivity contribution in [2.24, 2.45) is 0 Å². The fourth-order valence-electron chi connectivity index (χ4n) is 3.69. The molecule has 0 bridgehead atoms. The molecule has 0 aliphatic carbocycles. The smallest absolute Gasteiger partial charge is 0.147 e. The van der Waals surface area contributed by atoms with E-state index in [-0.39, 0.29) is 31.6 Å². The Morgan fingerprint density at radius 3 is 1.27 bits per heavy atom. The SMILES string of the molecule is C[C@H](C[C@H](C)Oc1cc(F)c(C(C)(C)C)c(F)c1Br)Oc1cc(F)c(C(C)(C)C)c(F)c1Br. The molecule has 184 valence electrons. The van der Waals surface area contributed by atoms with Crippen molar-refractivity contribution in [2.45, 2.75) is 84.8 Å². The third-order valence-corrected chi connectivity index (χ3v) is 6.55. The third kappa shape index (κ3) is 6.44. The number of hydrogen-bond donors (Lipinski definition) is 0. The van der Waals surface area contributed by atoms with Gasteiger partial charge < -0.3 is 9.47 Å². The first-order valence-corrected chi connectivity index (χ1v) is 12.2. The van der Waals surface area contributed by atoms with Crippen LogP contribution in [-0.4, -0.2) is 12.2 Å². The Morgan fingerprint density at radius 1 is 0.697 bits per heavy atom. The van der Waals surface area contributed by atoms with Gasteiger partial charge in [-0.25, -0.2) is 17.6 Å². The van der Waals surface area contributed by atoms with Gasteiger partial charge in [-0.15, -0.1) is 0 Å². The van der Waals surface area contributed by atoms with Crippen molar-refractivity contribution in [1.29, 1.82) is 0 Å². The van der Waals surface area contributed by atoms with Crippen LogP contribution in [0.4, 0.5) is 17.6 Å². The Hall–Kier alpha value is -1.28. The average Bonchev–Trinajstić information content (AvgIpc) is 2.61. The molecule has 0 unspecified atom stereocenters. The van der Waals surface area contributed by atoms with Gasteiger partial charge in [0.05, 0.1) is 21.2 Å². The Balaban J connectivity index is 2.18. The molecule has 2 aromatic rings. The van der Waals surface area contributed by atoms with Gasteiger partial charge in [0.25, 0.3) is 0 Å². The second kappa shape index (κ2) is 10.1. The molecule has 0 aromatic heterocycles. The van der Waals surface area contributed by atoms with E-state index in [9.17, 15) is 17.6 Å². The van der Waals surface area contributed by atoms with Gasteiger partial charge in [0.2, 0.25) is 0 Å². The van der Waals surface area contributed by atoms with Crippen molar-refractivity contribution < 1.29 is 27.0 Å². The molecule has 2 nitrogen and oxygen atoms in total. The highest BCUT2D eigenvalue weighted by Crippen LogP contribution is 2.39. The van der Waals surface area contributed by atoms with E-state index < -0.39 is 46.3 Å². The number of benzene rings is 2. The van der Waals surface area contributed by atoms with E-state index in [2.05, 4.69) is 31.9 Å². The Morgan fingerprint density at radius 2 is 1.00 bits per heavy atom. The van der Waals surface area contributed by atoms with Crippen LogP contribution in [0.3, 0.4) is 0 Å². The summed E-state index contributed by atoms with van der Waals surface area (Å²) in [5.74, 6) is -2.73. The van der Waals surface area contributed by atoms with Crippen LogP contribution in [0.2, 0.25) is 0 Å². The van der Waals surface area contributed by atoms with Crippen LogP contribution >= 0.6 is 31.9 Å². The number of halogens is 6. The maximum Gasteiger partial charge on any atom is 0.147 e. The summed E-state index contributed by atoms with van der Waals surface area (Å²) < 4.78 is 70.3. The molecule has 2 rings (SSSR count). The molecule has 2 atom stereocenters. The number of rotatable bonds is 6. The predicted molar refractivity (Wildman–Crippen MR) is 130 cm³/mol. The fourth-order valence-corrected chi connectivity index (χ4v) is 4.50. The molecule has 33 heavy (non-hydrogen) atoms. The maximum absolute atomic E-state index is 14.8. The van der Waals surface area contributed by atoms with Gasteiger partial charge in [-0.3, -0.25) is 0 Å². The summed E-state index contributed by atoms with van der Waals surface area (Å²) >= 11 is 6.33. The standard InChI is InChI=1S/C25H30Br2F4O2/c1-12(32-16-10-14(28)18(24(3,4)5)22(30)20(16)26)9-13(2)33-17-11-15(29)19(25(6,7)8)23(31)21(17)27/h10-13H,9H2,1-8H3/t12-,13+. The molecule has 0 spiro atoms. The van der Waals surface area contributed by atoms with Crippen molar-refractivity contribution in [3.05, 3.63) is 55.5 Å². The molecule has 2 aromatic carbocycles. The van der Waals surface area contributed by atoms with E-state index in [1.807, 2.05) is 0 Å². The topological polar surface area (TPSA) is 18.5 Å². The van der Waals surface area contributed by atoms with Crippen LogP contribution in [0.1, 0.15) is 72.9 Å². The first kappa shape index (κ1) is 28.0. The lowest BCUT2D eigenvalue weighted by Crippen LogP contribution is -2.24. The molecular weight excluding hydrogens is 568 g/mol. The van der Waals surface area contributed by atoms with Gasteiger partial charge in [0, 0.05) is 29.7 Å². The molecule has 0 aliphatic heterocycles. The minimum Gasteiger partial charge on any atom is -0.489 e. The zero-order valence-electron chi connectivity index (χ0n) is 20.1. The fraction of sp³-hybridized carbons (Fsp3) is 0.520. The van der Waals surface area contributed by atoms with E-state index in [0.717, 1.165) is 12.1 Å². The second-order valence-corrected chi connectivity index (χ2v) is 11.9. The van der Waals surface area contributed by atoms with Gasteiger partial charge in [0.15, 0.2) is 0 Å². The van der Waals surface area contributed by atoms with Crippen LogP contribution in [0.15, 0.2) is 21.1 Å². The summed E-state index contributed by atoms with van der Waals surface area (Å²) in [6.45, 7) is 13.8. The van der Waals surface area contributed by atoms with Crippen LogP contribution < -0.4 is 9.47 Å². The third-order valence-electron chi connectivity index (χ3n) is 5.07. The summed E-state index contributed by atoms with van der Waals surface area (Å²) in [4.78, 5) is 0. The van der Waals surface area contributed by atoms with Gasteiger partial charge in [-0.05, 0) is 56.5 Å². The van der Waals surface area contributed by atoms with Crippen molar-refractivity contribution >= 4 is 31.9 Å². The second-order valence-electron chi connectivity index (χ2n) is 10.3. The monoisotopic (exact) mass is 596 g/mol. The molecule has 0 saturated carbocycles. The Bertz CT molecular complexity index is 946. The Kier molecular flexibility index (Phi) is 8.59. The van der Waals surface area contributed by atoms with Crippen molar-refractivity contribution in [1.82, 2.24) is 0 Å². The Labute approximate surface area is 210 Å². The lowest BCUT2D eigenvalue weighted by atomic mass is 9.86. The molecular formula is C25H30Br2F4O2. The lowest BCUT2D eigenvalue weighted by molar-refractivity contribution is 0.128. The summed E-state index contributed by atoms with van der Waals surface area (Å²) in [5.41, 5.74) is -1.50. The van der Waals surface area contributed by atoms with Crippen LogP contribution in [0.5, 0.6) is 11.5 Å². The van der Waals surface area contributed by atoms with Crippen molar-refractivity contribution in [3.8, 4) is 11.5 Å². The van der Waals surface area contributed by atoms with E-state index in [1.54, 1.807) is 55.4 Å². The molecule has 0 heterocycles. The summed E-state index contributed by atoms with van der Waals surface area (Å²) in [6.07, 6.45) is -0.705. The number of ether oxygens (including phenoxy) is 2. The van der Waals surface area contributed by atoms with Gasteiger partial charge >= 0.3 is 0 Å². The maximum atomic E-state index is 14.8. The van der Waals surface area contributed by atoms with Gasteiger partial charge in [0.1, 0.15) is 34.8 Å². The molecule has 8 heteroatoms. The average molecular weight is 598 g/mol.